The van der Waals surface area contributed by atoms with E-state index in [1.165, 1.54) is 0 Å². The maximum atomic E-state index is 5.89. The van der Waals surface area contributed by atoms with Gasteiger partial charge in [0.2, 0.25) is 5.82 Å². The molecule has 0 bridgehead atoms. The molecule has 0 atom stereocenters. The van der Waals surface area contributed by atoms with Crippen molar-refractivity contribution in [2.24, 2.45) is 0 Å². The van der Waals surface area contributed by atoms with Crippen molar-refractivity contribution in [2.75, 3.05) is 5.73 Å². The number of nitrogens with zero attached hydrogens (tertiary/aromatic N) is 3. The molecule has 1 aromatic carbocycles. The Hall–Kier alpha value is -2.40. The van der Waals surface area contributed by atoms with Crippen LogP contribution in [-0.2, 0) is 0 Å². The lowest BCUT2D eigenvalue weighted by atomic mass is 10.2. The van der Waals surface area contributed by atoms with E-state index in [0.717, 1.165) is 11.1 Å². The average Bonchev–Trinajstić information content (AvgIpc) is 2.92. The standard InChI is InChI=1S/C14H11ClN4O/c1-8-3-2-6-17-12(8)13-18-14(20-19-13)9-4-5-10(15)11(16)7-9/h2-7H,16H2,1H3. The number of halogens is 1. The first-order valence-electron chi connectivity index (χ1n) is 5.96. The van der Waals surface area contributed by atoms with Gasteiger partial charge in [-0.2, -0.15) is 4.98 Å². The number of aromatic nitrogens is 3. The lowest BCUT2D eigenvalue weighted by Gasteiger charge is -1.99. The second-order valence-electron chi connectivity index (χ2n) is 4.33. The Labute approximate surface area is 120 Å². The molecule has 0 aliphatic heterocycles. The molecule has 0 fully saturated rings. The Balaban J connectivity index is 2.02. The molecule has 2 N–H and O–H groups in total. The van der Waals surface area contributed by atoms with Crippen LogP contribution in [0.5, 0.6) is 0 Å². The van der Waals surface area contributed by atoms with Crippen LogP contribution >= 0.6 is 11.6 Å². The van der Waals surface area contributed by atoms with E-state index in [4.69, 9.17) is 21.9 Å². The van der Waals surface area contributed by atoms with E-state index < -0.39 is 0 Å². The predicted molar refractivity (Wildman–Crippen MR) is 77.1 cm³/mol. The average molecular weight is 287 g/mol. The van der Waals surface area contributed by atoms with Crippen molar-refractivity contribution in [2.45, 2.75) is 6.92 Å². The molecule has 5 nitrogen and oxygen atoms in total. The Kier molecular flexibility index (Phi) is 3.12. The third-order valence-corrected chi connectivity index (χ3v) is 3.23. The van der Waals surface area contributed by atoms with Gasteiger partial charge < -0.3 is 10.3 Å². The van der Waals surface area contributed by atoms with Gasteiger partial charge in [-0.1, -0.05) is 22.8 Å². The summed E-state index contributed by atoms with van der Waals surface area (Å²) in [5.74, 6) is 0.833. The fourth-order valence-electron chi connectivity index (χ4n) is 1.83. The van der Waals surface area contributed by atoms with Crippen molar-refractivity contribution < 1.29 is 4.52 Å². The molecule has 0 unspecified atom stereocenters. The largest absolute Gasteiger partial charge is 0.398 e. The number of rotatable bonds is 2. The molecule has 20 heavy (non-hydrogen) atoms. The van der Waals surface area contributed by atoms with Crippen LogP contribution in [0.3, 0.4) is 0 Å². The Morgan fingerprint density at radius 3 is 2.85 bits per heavy atom. The summed E-state index contributed by atoms with van der Waals surface area (Å²) in [5.41, 5.74) is 8.64. The molecular weight excluding hydrogens is 276 g/mol. The SMILES string of the molecule is Cc1cccnc1-c1noc(-c2ccc(Cl)c(N)c2)n1. The van der Waals surface area contributed by atoms with Gasteiger partial charge in [0, 0.05) is 11.8 Å². The first-order valence-corrected chi connectivity index (χ1v) is 6.34. The highest BCUT2D eigenvalue weighted by Gasteiger charge is 2.13. The normalized spacial score (nSPS) is 10.7. The number of nitrogens with two attached hydrogens (primary N) is 1. The summed E-state index contributed by atoms with van der Waals surface area (Å²) >= 11 is 5.89. The number of hydrogen-bond acceptors (Lipinski definition) is 5. The third kappa shape index (κ3) is 2.23. The minimum absolute atomic E-state index is 0.383. The summed E-state index contributed by atoms with van der Waals surface area (Å²) in [5, 5.41) is 4.45. The molecule has 2 heterocycles. The molecule has 0 saturated carbocycles. The van der Waals surface area contributed by atoms with Crippen molar-refractivity contribution in [3.63, 3.8) is 0 Å². The molecule has 2 aromatic heterocycles. The summed E-state index contributed by atoms with van der Waals surface area (Å²) in [6.07, 6.45) is 1.69. The lowest BCUT2D eigenvalue weighted by Crippen LogP contribution is -1.90. The Bertz CT molecular complexity index is 769. The highest BCUT2D eigenvalue weighted by molar-refractivity contribution is 6.33. The molecule has 0 saturated heterocycles. The third-order valence-electron chi connectivity index (χ3n) is 2.89. The zero-order valence-electron chi connectivity index (χ0n) is 10.7. The van der Waals surface area contributed by atoms with Crippen LogP contribution in [0.4, 0.5) is 5.69 Å². The zero-order chi connectivity index (χ0) is 14.1. The monoisotopic (exact) mass is 286 g/mol. The lowest BCUT2D eigenvalue weighted by molar-refractivity contribution is 0.432. The Morgan fingerprint density at radius 1 is 1.25 bits per heavy atom. The van der Waals surface area contributed by atoms with Gasteiger partial charge in [0.25, 0.3) is 5.89 Å². The van der Waals surface area contributed by atoms with E-state index in [-0.39, 0.29) is 0 Å². The number of hydrogen-bond donors (Lipinski definition) is 1. The number of anilines is 1. The molecule has 0 aliphatic carbocycles. The van der Waals surface area contributed by atoms with E-state index in [1.54, 1.807) is 24.4 Å². The predicted octanol–water partition coefficient (Wildman–Crippen LogP) is 3.34. The van der Waals surface area contributed by atoms with Gasteiger partial charge in [-0.3, -0.25) is 4.98 Å². The number of benzene rings is 1. The van der Waals surface area contributed by atoms with Gasteiger partial charge in [-0.25, -0.2) is 0 Å². The molecule has 6 heteroatoms. The van der Waals surface area contributed by atoms with Gasteiger partial charge in [0.1, 0.15) is 5.69 Å². The quantitative estimate of drug-likeness (QED) is 0.731. The molecule has 0 spiro atoms. The van der Waals surface area contributed by atoms with Gasteiger partial charge in [-0.15, -0.1) is 0 Å². The van der Waals surface area contributed by atoms with Crippen LogP contribution in [0, 0.1) is 6.92 Å². The summed E-state index contributed by atoms with van der Waals surface area (Å²) in [7, 11) is 0. The molecule has 3 rings (SSSR count). The maximum absolute atomic E-state index is 5.89. The summed E-state index contributed by atoms with van der Waals surface area (Å²) in [6.45, 7) is 1.94. The van der Waals surface area contributed by atoms with Crippen molar-refractivity contribution in [3.8, 4) is 23.0 Å². The zero-order valence-corrected chi connectivity index (χ0v) is 11.4. The van der Waals surface area contributed by atoms with Crippen molar-refractivity contribution in [1.29, 1.82) is 0 Å². The van der Waals surface area contributed by atoms with Crippen molar-refractivity contribution in [3.05, 3.63) is 47.1 Å². The number of aryl methyl sites for hydroxylation is 1. The summed E-state index contributed by atoms with van der Waals surface area (Å²) < 4.78 is 5.26. The second kappa shape index (κ2) is 4.94. The first kappa shape index (κ1) is 12.6. The van der Waals surface area contributed by atoms with Gasteiger partial charge in [0.15, 0.2) is 0 Å². The molecule has 0 radical (unpaired) electrons. The fraction of sp³-hybridized carbons (Fsp3) is 0.0714. The van der Waals surface area contributed by atoms with E-state index in [2.05, 4.69) is 15.1 Å². The van der Waals surface area contributed by atoms with Crippen LogP contribution in [0.25, 0.3) is 23.0 Å². The fourth-order valence-corrected chi connectivity index (χ4v) is 1.95. The van der Waals surface area contributed by atoms with Crippen LogP contribution in [-0.4, -0.2) is 15.1 Å². The smallest absolute Gasteiger partial charge is 0.258 e. The summed E-state index contributed by atoms with van der Waals surface area (Å²) in [6, 6.07) is 8.98. The Morgan fingerprint density at radius 2 is 2.10 bits per heavy atom. The molecule has 100 valence electrons. The maximum Gasteiger partial charge on any atom is 0.258 e. The highest BCUT2D eigenvalue weighted by atomic mass is 35.5. The van der Waals surface area contributed by atoms with E-state index in [1.807, 2.05) is 19.1 Å². The number of nitrogen functional groups attached to an aromatic ring is 1. The van der Waals surface area contributed by atoms with Crippen LogP contribution in [0.1, 0.15) is 5.56 Å². The van der Waals surface area contributed by atoms with Gasteiger partial charge in [-0.05, 0) is 36.8 Å². The first-order chi connectivity index (χ1) is 9.65. The van der Waals surface area contributed by atoms with Gasteiger partial charge in [0.05, 0.1) is 10.7 Å². The van der Waals surface area contributed by atoms with E-state index in [9.17, 15) is 0 Å². The van der Waals surface area contributed by atoms with Crippen LogP contribution in [0.15, 0.2) is 41.1 Å². The van der Waals surface area contributed by atoms with E-state index >= 15 is 0 Å². The molecular formula is C14H11ClN4O. The number of pyridine rings is 1. The van der Waals surface area contributed by atoms with E-state index in [0.29, 0.717) is 28.1 Å². The van der Waals surface area contributed by atoms with Crippen LogP contribution in [0.2, 0.25) is 5.02 Å². The summed E-state index contributed by atoms with van der Waals surface area (Å²) in [4.78, 5) is 8.60. The minimum atomic E-state index is 0.383. The van der Waals surface area contributed by atoms with Crippen LogP contribution < -0.4 is 5.73 Å². The minimum Gasteiger partial charge on any atom is -0.398 e. The second-order valence-corrected chi connectivity index (χ2v) is 4.74. The van der Waals surface area contributed by atoms with Crippen molar-refractivity contribution >= 4 is 17.3 Å². The van der Waals surface area contributed by atoms with Gasteiger partial charge >= 0.3 is 0 Å². The molecule has 0 aliphatic rings. The molecule has 3 aromatic rings. The topological polar surface area (TPSA) is 77.8 Å². The van der Waals surface area contributed by atoms with Crippen molar-refractivity contribution in [1.82, 2.24) is 15.1 Å². The molecule has 0 amide bonds. The highest BCUT2D eigenvalue weighted by Crippen LogP contribution is 2.27.